The standard InChI is InChI=1S/C22H41NO3.Na.H/c1-2-3-4-5-6-7-8-9-10-11-12-13-14-15-16-17-22(24)26-23-18-20-25-21-19-23;;/h9-10H,2-8,11-21H2,1H3;;/b10-9-;;. The van der Waals surface area contributed by atoms with Crippen LogP contribution in [0.2, 0.25) is 0 Å². The van der Waals surface area contributed by atoms with Crippen LogP contribution in [0.15, 0.2) is 12.2 Å². The van der Waals surface area contributed by atoms with E-state index in [1.807, 2.05) is 0 Å². The van der Waals surface area contributed by atoms with Gasteiger partial charge in [0.15, 0.2) is 0 Å². The van der Waals surface area contributed by atoms with Crippen molar-refractivity contribution in [1.29, 1.82) is 0 Å². The van der Waals surface area contributed by atoms with Crippen LogP contribution in [0.4, 0.5) is 0 Å². The molecule has 0 radical (unpaired) electrons. The predicted octanol–water partition coefficient (Wildman–Crippen LogP) is 5.17. The zero-order valence-corrected chi connectivity index (χ0v) is 17.1. The number of ether oxygens (including phenoxy) is 1. The van der Waals surface area contributed by atoms with Crippen molar-refractivity contribution in [2.24, 2.45) is 0 Å². The minimum atomic E-state index is -0.0930. The van der Waals surface area contributed by atoms with Gasteiger partial charge in [-0.25, -0.2) is 0 Å². The summed E-state index contributed by atoms with van der Waals surface area (Å²) in [5.41, 5.74) is 0. The number of carbonyl (C=O) groups excluding carboxylic acids is 1. The number of hydrogen-bond acceptors (Lipinski definition) is 4. The second kappa shape index (κ2) is 20.9. The first-order valence-electron chi connectivity index (χ1n) is 11.0. The van der Waals surface area contributed by atoms with Crippen molar-refractivity contribution in [3.8, 4) is 0 Å². The first-order chi connectivity index (χ1) is 12.8. The number of unbranched alkanes of at least 4 members (excludes halogenated alkanes) is 11. The Bertz CT molecular complexity index is 357. The van der Waals surface area contributed by atoms with Crippen LogP contribution in [0.1, 0.15) is 96.8 Å². The van der Waals surface area contributed by atoms with E-state index < -0.39 is 0 Å². The average molecular weight is 392 g/mol. The number of hydroxylamine groups is 2. The van der Waals surface area contributed by atoms with Crippen molar-refractivity contribution < 1.29 is 14.4 Å². The Morgan fingerprint density at radius 1 is 0.852 bits per heavy atom. The first kappa shape index (κ1) is 27.1. The van der Waals surface area contributed by atoms with Crippen LogP contribution in [-0.4, -0.2) is 66.9 Å². The van der Waals surface area contributed by atoms with Crippen LogP contribution in [0.25, 0.3) is 0 Å². The van der Waals surface area contributed by atoms with Crippen LogP contribution in [0, 0.1) is 0 Å². The van der Waals surface area contributed by atoms with Crippen molar-refractivity contribution >= 4 is 35.5 Å². The Morgan fingerprint density at radius 3 is 1.96 bits per heavy atom. The first-order valence-corrected chi connectivity index (χ1v) is 11.0. The molecule has 0 amide bonds. The Hall–Kier alpha value is 0.130. The molecule has 5 heteroatoms. The van der Waals surface area contributed by atoms with Crippen LogP contribution in [0.3, 0.4) is 0 Å². The molecule has 0 atom stereocenters. The fourth-order valence-corrected chi connectivity index (χ4v) is 3.17. The molecule has 0 bridgehead atoms. The Kier molecular flexibility index (Phi) is 21.0. The molecule has 0 saturated carbocycles. The molecule has 27 heavy (non-hydrogen) atoms. The number of rotatable bonds is 16. The van der Waals surface area contributed by atoms with E-state index in [4.69, 9.17) is 9.57 Å². The van der Waals surface area contributed by atoms with Gasteiger partial charge in [-0.1, -0.05) is 70.4 Å². The van der Waals surface area contributed by atoms with Gasteiger partial charge in [-0.15, -0.1) is 5.06 Å². The Labute approximate surface area is 189 Å². The third-order valence-corrected chi connectivity index (χ3v) is 4.84. The molecule has 0 unspecified atom stereocenters. The molecule has 0 aromatic heterocycles. The van der Waals surface area contributed by atoms with Gasteiger partial charge < -0.3 is 9.57 Å². The monoisotopic (exact) mass is 391 g/mol. The molecular weight excluding hydrogens is 349 g/mol. The molecule has 4 nitrogen and oxygen atoms in total. The maximum atomic E-state index is 11.7. The third kappa shape index (κ3) is 17.9. The van der Waals surface area contributed by atoms with Gasteiger partial charge in [-0.05, 0) is 32.1 Å². The number of allylic oxidation sites excluding steroid dienone is 2. The normalized spacial score (nSPS) is 15.0. The average Bonchev–Trinajstić information content (AvgIpc) is 2.65. The molecule has 1 rings (SSSR count). The molecule has 0 aromatic rings. The van der Waals surface area contributed by atoms with Gasteiger partial charge in [0.2, 0.25) is 0 Å². The molecule has 1 fully saturated rings. The number of carbonyl (C=O) groups is 1. The fourth-order valence-electron chi connectivity index (χ4n) is 3.17. The van der Waals surface area contributed by atoms with E-state index in [0.717, 1.165) is 12.8 Å². The third-order valence-electron chi connectivity index (χ3n) is 4.84. The van der Waals surface area contributed by atoms with Crippen molar-refractivity contribution in [3.63, 3.8) is 0 Å². The maximum absolute atomic E-state index is 11.7. The van der Waals surface area contributed by atoms with E-state index in [9.17, 15) is 4.79 Å². The van der Waals surface area contributed by atoms with E-state index in [2.05, 4.69) is 19.1 Å². The molecular formula is C22H42NNaO3. The summed E-state index contributed by atoms with van der Waals surface area (Å²) in [6, 6.07) is 0. The molecule has 0 aromatic carbocycles. The number of hydrogen-bond donors (Lipinski definition) is 0. The van der Waals surface area contributed by atoms with Crippen LogP contribution in [0.5, 0.6) is 0 Å². The molecule has 0 N–H and O–H groups in total. The second-order valence-electron chi connectivity index (χ2n) is 7.34. The summed E-state index contributed by atoms with van der Waals surface area (Å²) in [6.45, 7) is 4.96. The Morgan fingerprint density at radius 2 is 1.37 bits per heavy atom. The summed E-state index contributed by atoms with van der Waals surface area (Å²) in [6.07, 6.45) is 21.8. The summed E-state index contributed by atoms with van der Waals surface area (Å²) in [7, 11) is 0. The SMILES string of the molecule is CCCCCCCC/C=C\CCCCCCCC(=O)ON1CCOCC1.[NaH]. The molecule has 0 aliphatic carbocycles. The van der Waals surface area contributed by atoms with E-state index in [0.29, 0.717) is 32.7 Å². The van der Waals surface area contributed by atoms with E-state index in [1.165, 1.54) is 70.6 Å². The molecule has 1 saturated heterocycles. The summed E-state index contributed by atoms with van der Waals surface area (Å²) in [4.78, 5) is 17.0. The van der Waals surface area contributed by atoms with Crippen molar-refractivity contribution in [2.45, 2.75) is 96.8 Å². The van der Waals surface area contributed by atoms with Crippen molar-refractivity contribution in [3.05, 3.63) is 12.2 Å². The number of nitrogens with zero attached hydrogens (tertiary/aromatic N) is 1. The molecule has 154 valence electrons. The fraction of sp³-hybridized carbons (Fsp3) is 0.864. The summed E-state index contributed by atoms with van der Waals surface area (Å²) >= 11 is 0. The summed E-state index contributed by atoms with van der Waals surface area (Å²) < 4.78 is 5.23. The van der Waals surface area contributed by atoms with Gasteiger partial charge in [0.1, 0.15) is 0 Å². The zero-order valence-electron chi connectivity index (χ0n) is 17.1. The van der Waals surface area contributed by atoms with Gasteiger partial charge in [0.05, 0.1) is 26.3 Å². The van der Waals surface area contributed by atoms with Crippen molar-refractivity contribution in [2.75, 3.05) is 26.3 Å². The quantitative estimate of drug-likeness (QED) is 0.207. The topological polar surface area (TPSA) is 38.8 Å². The van der Waals surface area contributed by atoms with Crippen LogP contribution >= 0.6 is 0 Å². The van der Waals surface area contributed by atoms with Gasteiger partial charge in [0.25, 0.3) is 0 Å². The molecule has 1 aliphatic rings. The molecule has 1 aliphatic heterocycles. The van der Waals surface area contributed by atoms with Gasteiger partial charge in [0, 0.05) is 6.42 Å². The van der Waals surface area contributed by atoms with Gasteiger partial charge >= 0.3 is 35.5 Å². The summed E-state index contributed by atoms with van der Waals surface area (Å²) in [5.74, 6) is -0.0930. The van der Waals surface area contributed by atoms with Crippen LogP contribution in [-0.2, 0) is 14.4 Å². The second-order valence-corrected chi connectivity index (χ2v) is 7.34. The van der Waals surface area contributed by atoms with Crippen molar-refractivity contribution in [1.82, 2.24) is 5.06 Å². The van der Waals surface area contributed by atoms with E-state index >= 15 is 0 Å². The zero-order chi connectivity index (χ0) is 18.7. The molecule has 0 spiro atoms. The van der Waals surface area contributed by atoms with Gasteiger partial charge in [-0.2, -0.15) is 0 Å². The van der Waals surface area contributed by atoms with E-state index in [-0.39, 0.29) is 35.5 Å². The van der Waals surface area contributed by atoms with E-state index in [1.54, 1.807) is 5.06 Å². The Balaban J connectivity index is 0.00000676. The number of morpholine rings is 1. The minimum absolute atomic E-state index is 0. The predicted molar refractivity (Wildman–Crippen MR) is 115 cm³/mol. The van der Waals surface area contributed by atoms with Gasteiger partial charge in [-0.3, -0.25) is 4.79 Å². The molecule has 1 heterocycles. The van der Waals surface area contributed by atoms with Crippen LogP contribution < -0.4 is 0 Å². The summed E-state index contributed by atoms with van der Waals surface area (Å²) in [5, 5.41) is 1.73.